The molecule has 0 N–H and O–H groups in total. The van der Waals surface area contributed by atoms with E-state index in [4.69, 9.17) is 4.74 Å². The Morgan fingerprint density at radius 3 is 2.55 bits per heavy atom. The fraction of sp³-hybridized carbons (Fsp3) is 1.00. The van der Waals surface area contributed by atoms with E-state index in [2.05, 4.69) is 20.8 Å². The highest BCUT2D eigenvalue weighted by atomic mass is 16.5. The molecule has 1 aliphatic heterocycles. The van der Waals surface area contributed by atoms with Crippen molar-refractivity contribution in [1.29, 1.82) is 0 Å². The lowest BCUT2D eigenvalue weighted by Crippen LogP contribution is -2.18. The lowest BCUT2D eigenvalue weighted by molar-refractivity contribution is 0.0269. The van der Waals surface area contributed by atoms with Gasteiger partial charge in [-0.15, -0.1) is 0 Å². The molecule has 0 radical (unpaired) electrons. The summed E-state index contributed by atoms with van der Waals surface area (Å²) in [4.78, 5) is 0. The second-order valence-corrected chi connectivity index (χ2v) is 4.12. The predicted molar refractivity (Wildman–Crippen MR) is 47.6 cm³/mol. The minimum atomic E-state index is 0.528. The van der Waals surface area contributed by atoms with Gasteiger partial charge in [-0.1, -0.05) is 20.8 Å². The average molecular weight is 156 g/mol. The fourth-order valence-corrected chi connectivity index (χ4v) is 1.62. The number of hydrogen-bond acceptors (Lipinski definition) is 1. The highest BCUT2D eigenvalue weighted by molar-refractivity contribution is 4.68. The first kappa shape index (κ1) is 9.05. The summed E-state index contributed by atoms with van der Waals surface area (Å²) in [5, 5.41) is 0. The van der Waals surface area contributed by atoms with Crippen molar-refractivity contribution in [3.8, 4) is 0 Å². The Bertz CT molecular complexity index is 109. The summed E-state index contributed by atoms with van der Waals surface area (Å²) in [5.74, 6) is 1.57. The monoisotopic (exact) mass is 156 g/mol. The van der Waals surface area contributed by atoms with Crippen molar-refractivity contribution in [2.75, 3.05) is 6.61 Å². The number of rotatable bonds is 1. The predicted octanol–water partition coefficient (Wildman–Crippen LogP) is 2.85. The third-order valence-electron chi connectivity index (χ3n) is 2.63. The van der Waals surface area contributed by atoms with Crippen LogP contribution < -0.4 is 0 Å². The zero-order valence-electron chi connectivity index (χ0n) is 7.97. The van der Waals surface area contributed by atoms with Gasteiger partial charge in [0.05, 0.1) is 6.10 Å². The second kappa shape index (κ2) is 4.10. The molecule has 0 spiro atoms. The van der Waals surface area contributed by atoms with Crippen LogP contribution in [0.2, 0.25) is 0 Å². The number of ether oxygens (including phenoxy) is 1. The van der Waals surface area contributed by atoms with E-state index in [-0.39, 0.29) is 0 Å². The minimum Gasteiger partial charge on any atom is -0.378 e. The van der Waals surface area contributed by atoms with Crippen LogP contribution in [0.4, 0.5) is 0 Å². The first-order valence-corrected chi connectivity index (χ1v) is 4.81. The van der Waals surface area contributed by atoms with Crippen LogP contribution in [0.3, 0.4) is 0 Å². The molecule has 0 unspecified atom stereocenters. The van der Waals surface area contributed by atoms with Gasteiger partial charge in [-0.25, -0.2) is 0 Å². The Balaban J connectivity index is 2.34. The molecule has 66 valence electrons. The van der Waals surface area contributed by atoms with Gasteiger partial charge in [0.1, 0.15) is 0 Å². The van der Waals surface area contributed by atoms with Crippen molar-refractivity contribution < 1.29 is 4.74 Å². The van der Waals surface area contributed by atoms with Crippen molar-refractivity contribution in [3.63, 3.8) is 0 Å². The van der Waals surface area contributed by atoms with Crippen molar-refractivity contribution in [2.24, 2.45) is 11.8 Å². The molecule has 0 aromatic heterocycles. The van der Waals surface area contributed by atoms with E-state index >= 15 is 0 Å². The average Bonchev–Trinajstić information content (AvgIpc) is 2.13. The van der Waals surface area contributed by atoms with Crippen molar-refractivity contribution in [1.82, 2.24) is 0 Å². The third kappa shape index (κ3) is 2.82. The number of hydrogen-bond donors (Lipinski definition) is 0. The Labute approximate surface area is 70.1 Å². The van der Waals surface area contributed by atoms with Gasteiger partial charge in [-0.05, 0) is 31.1 Å². The van der Waals surface area contributed by atoms with Gasteiger partial charge in [0, 0.05) is 6.61 Å². The van der Waals surface area contributed by atoms with Crippen LogP contribution in [0.25, 0.3) is 0 Å². The van der Waals surface area contributed by atoms with Crippen molar-refractivity contribution in [3.05, 3.63) is 0 Å². The minimum absolute atomic E-state index is 0.528. The highest BCUT2D eigenvalue weighted by Crippen LogP contribution is 2.22. The molecule has 1 heteroatoms. The Morgan fingerprint density at radius 2 is 1.91 bits per heavy atom. The van der Waals surface area contributed by atoms with E-state index in [0.717, 1.165) is 12.5 Å². The lowest BCUT2D eigenvalue weighted by atomic mass is 9.97. The first-order valence-electron chi connectivity index (χ1n) is 4.81. The molecule has 1 nitrogen and oxygen atoms in total. The smallest absolute Gasteiger partial charge is 0.0598 e. The maximum atomic E-state index is 5.73. The molecule has 0 amide bonds. The molecule has 11 heavy (non-hydrogen) atoms. The quantitative estimate of drug-likeness (QED) is 0.567. The summed E-state index contributed by atoms with van der Waals surface area (Å²) in [6.07, 6.45) is 4.39. The van der Waals surface area contributed by atoms with Crippen LogP contribution in [0.5, 0.6) is 0 Å². The summed E-state index contributed by atoms with van der Waals surface area (Å²) in [6.45, 7) is 7.80. The molecule has 1 saturated heterocycles. The molecule has 1 aliphatic rings. The fourth-order valence-electron chi connectivity index (χ4n) is 1.62. The zero-order chi connectivity index (χ0) is 8.27. The van der Waals surface area contributed by atoms with Gasteiger partial charge in [-0.3, -0.25) is 0 Å². The van der Waals surface area contributed by atoms with Gasteiger partial charge >= 0.3 is 0 Å². The Hall–Kier alpha value is -0.0400. The lowest BCUT2D eigenvalue weighted by Gasteiger charge is -2.18. The van der Waals surface area contributed by atoms with Gasteiger partial charge in [0.25, 0.3) is 0 Å². The molecule has 0 aromatic carbocycles. The summed E-state index contributed by atoms with van der Waals surface area (Å²) >= 11 is 0. The third-order valence-corrected chi connectivity index (χ3v) is 2.63. The van der Waals surface area contributed by atoms with E-state index in [1.54, 1.807) is 0 Å². The first-order chi connectivity index (χ1) is 5.20. The van der Waals surface area contributed by atoms with Gasteiger partial charge < -0.3 is 4.74 Å². The van der Waals surface area contributed by atoms with E-state index < -0.39 is 0 Å². The topological polar surface area (TPSA) is 9.23 Å². The summed E-state index contributed by atoms with van der Waals surface area (Å²) in [5.41, 5.74) is 0. The molecule has 0 aromatic rings. The van der Waals surface area contributed by atoms with Crippen LogP contribution in [0, 0.1) is 11.8 Å². The second-order valence-electron chi connectivity index (χ2n) is 4.12. The van der Waals surface area contributed by atoms with Crippen LogP contribution in [-0.4, -0.2) is 12.7 Å². The summed E-state index contributed by atoms with van der Waals surface area (Å²) < 4.78 is 5.73. The van der Waals surface area contributed by atoms with Crippen LogP contribution in [-0.2, 0) is 4.74 Å². The van der Waals surface area contributed by atoms with E-state index in [1.807, 2.05) is 0 Å². The molecular formula is C10H20O. The highest BCUT2D eigenvalue weighted by Gasteiger charge is 2.18. The van der Waals surface area contributed by atoms with Crippen molar-refractivity contribution >= 4 is 0 Å². The summed E-state index contributed by atoms with van der Waals surface area (Å²) in [6, 6.07) is 0. The van der Waals surface area contributed by atoms with E-state index in [9.17, 15) is 0 Å². The Morgan fingerprint density at radius 1 is 1.18 bits per heavy atom. The molecule has 1 heterocycles. The van der Waals surface area contributed by atoms with Crippen LogP contribution in [0.15, 0.2) is 0 Å². The molecule has 1 rings (SSSR count). The van der Waals surface area contributed by atoms with Crippen LogP contribution in [0.1, 0.15) is 40.0 Å². The largest absolute Gasteiger partial charge is 0.378 e. The van der Waals surface area contributed by atoms with Gasteiger partial charge in [0.15, 0.2) is 0 Å². The molecule has 1 fully saturated rings. The zero-order valence-corrected chi connectivity index (χ0v) is 7.97. The Kier molecular flexibility index (Phi) is 3.38. The molecule has 0 saturated carbocycles. The van der Waals surface area contributed by atoms with E-state index in [1.165, 1.54) is 19.3 Å². The standard InChI is InChI=1S/C10H20O/c1-8(2)10-5-4-9(3)6-7-11-10/h8-10H,4-7H2,1-3H3/t9-,10-/m0/s1. The summed E-state index contributed by atoms with van der Waals surface area (Å²) in [7, 11) is 0. The maximum Gasteiger partial charge on any atom is 0.0598 e. The van der Waals surface area contributed by atoms with Gasteiger partial charge in [-0.2, -0.15) is 0 Å². The van der Waals surface area contributed by atoms with Crippen molar-refractivity contribution in [2.45, 2.75) is 46.1 Å². The molecular weight excluding hydrogens is 136 g/mol. The normalized spacial score (nSPS) is 33.8. The maximum absolute atomic E-state index is 5.73. The van der Waals surface area contributed by atoms with Gasteiger partial charge in [0.2, 0.25) is 0 Å². The molecule has 2 atom stereocenters. The van der Waals surface area contributed by atoms with E-state index in [0.29, 0.717) is 12.0 Å². The molecule has 0 aliphatic carbocycles. The molecule has 0 bridgehead atoms. The SMILES string of the molecule is CC(C)[C@@H]1CC[C@H](C)CCO1. The van der Waals surface area contributed by atoms with Crippen LogP contribution >= 0.6 is 0 Å².